The Morgan fingerprint density at radius 1 is 1.07 bits per heavy atom. The Bertz CT molecular complexity index is 1230. The van der Waals surface area contributed by atoms with Gasteiger partial charge in [-0.1, -0.05) is 44.2 Å². The van der Waals surface area contributed by atoms with E-state index >= 15 is 0 Å². The number of nitrogens with two attached hydrogens (primary N) is 1. The molecular weight excluding hydrogens is 364 g/mol. The second kappa shape index (κ2) is 7.16. The molecule has 7 heteroatoms. The van der Waals surface area contributed by atoms with E-state index in [9.17, 15) is 4.79 Å². The summed E-state index contributed by atoms with van der Waals surface area (Å²) in [5.41, 5.74) is 11.9. The van der Waals surface area contributed by atoms with E-state index < -0.39 is 0 Å². The minimum atomic E-state index is -0.220. The lowest BCUT2D eigenvalue weighted by atomic mass is 9.99. The molecule has 0 radical (unpaired) electrons. The summed E-state index contributed by atoms with van der Waals surface area (Å²) in [6, 6.07) is 13.9. The zero-order valence-electron chi connectivity index (χ0n) is 17.1. The van der Waals surface area contributed by atoms with Gasteiger partial charge in [-0.15, -0.1) is 9.38 Å². The van der Waals surface area contributed by atoms with Crippen LogP contribution in [0.3, 0.4) is 0 Å². The standard InChI is InChI=1S/C22H24N6O/c1-13(2)12-27-22(29)28-20(26-27)18(17-10-14(3)24-15(4)11-17)19(25-21(28)23)16-8-6-5-7-9-16/h5-11,13H,12H2,1-4H3,(H2,23,24,25,26)/p+1. The lowest BCUT2D eigenvalue weighted by Gasteiger charge is -2.10. The number of anilines is 1. The van der Waals surface area contributed by atoms with E-state index in [1.807, 2.05) is 56.3 Å². The summed E-state index contributed by atoms with van der Waals surface area (Å²) in [5.74, 6) is 0.465. The maximum absolute atomic E-state index is 13.0. The summed E-state index contributed by atoms with van der Waals surface area (Å²) >= 11 is 0. The molecule has 0 saturated carbocycles. The highest BCUT2D eigenvalue weighted by Gasteiger charge is 2.26. The van der Waals surface area contributed by atoms with Gasteiger partial charge in [-0.3, -0.25) is 4.98 Å². The van der Waals surface area contributed by atoms with Gasteiger partial charge in [-0.25, -0.2) is 9.89 Å². The smallest absolute Gasteiger partial charge is 0.319 e. The number of hydrogen-bond donors (Lipinski definition) is 2. The third-order valence-electron chi connectivity index (χ3n) is 4.78. The molecule has 4 rings (SSSR count). The van der Waals surface area contributed by atoms with Crippen LogP contribution < -0.4 is 15.8 Å². The maximum atomic E-state index is 13.0. The van der Waals surface area contributed by atoms with Gasteiger partial charge in [0.25, 0.3) is 0 Å². The Morgan fingerprint density at radius 3 is 2.34 bits per heavy atom. The molecular formula is C22H25N6O+. The molecule has 0 aliphatic heterocycles. The predicted octanol–water partition coefficient (Wildman–Crippen LogP) is 2.89. The molecule has 7 nitrogen and oxygen atoms in total. The normalized spacial score (nSPS) is 11.5. The number of nitrogens with zero attached hydrogens (tertiary/aromatic N) is 4. The summed E-state index contributed by atoms with van der Waals surface area (Å²) in [4.78, 5) is 22.2. The Labute approximate surface area is 168 Å². The monoisotopic (exact) mass is 389 g/mol. The van der Waals surface area contributed by atoms with Gasteiger partial charge in [-0.2, -0.15) is 4.68 Å². The number of aromatic nitrogens is 5. The SMILES string of the molecule is Cc1cc(-c2c(-c3ccccc3)nc(N)[n+]3c(=O)n(CC(C)C)[nH]c23)cc(C)n1. The number of pyridine rings is 1. The van der Waals surface area contributed by atoms with E-state index in [1.54, 1.807) is 4.68 Å². The Kier molecular flexibility index (Phi) is 4.66. The van der Waals surface area contributed by atoms with Gasteiger partial charge in [0.1, 0.15) is 5.69 Å². The van der Waals surface area contributed by atoms with Crippen molar-refractivity contribution in [2.75, 3.05) is 5.73 Å². The van der Waals surface area contributed by atoms with Crippen LogP contribution in [0, 0.1) is 19.8 Å². The molecule has 148 valence electrons. The Morgan fingerprint density at radius 2 is 1.72 bits per heavy atom. The summed E-state index contributed by atoms with van der Waals surface area (Å²) in [7, 11) is 0. The molecule has 4 aromatic rings. The first-order valence-corrected chi connectivity index (χ1v) is 9.70. The van der Waals surface area contributed by atoms with Gasteiger partial charge < -0.3 is 5.73 Å². The molecule has 0 saturated heterocycles. The van der Waals surface area contributed by atoms with Gasteiger partial charge >= 0.3 is 11.6 Å². The van der Waals surface area contributed by atoms with Crippen molar-refractivity contribution in [3.05, 3.63) is 64.3 Å². The fourth-order valence-corrected chi connectivity index (χ4v) is 3.70. The largest absolute Gasteiger partial charge is 0.428 e. The molecule has 3 heterocycles. The molecule has 29 heavy (non-hydrogen) atoms. The second-order valence-corrected chi connectivity index (χ2v) is 7.78. The van der Waals surface area contributed by atoms with E-state index in [0.717, 1.165) is 33.8 Å². The van der Waals surface area contributed by atoms with Crippen molar-refractivity contribution in [2.45, 2.75) is 34.2 Å². The fourth-order valence-electron chi connectivity index (χ4n) is 3.70. The van der Waals surface area contributed by atoms with Crippen LogP contribution in [0.4, 0.5) is 5.95 Å². The average molecular weight is 389 g/mol. The summed E-state index contributed by atoms with van der Waals surface area (Å²) in [5, 5.41) is 3.28. The lowest BCUT2D eigenvalue weighted by molar-refractivity contribution is -0.516. The number of benzene rings is 1. The Balaban J connectivity index is 2.14. The summed E-state index contributed by atoms with van der Waals surface area (Å²) < 4.78 is 3.05. The zero-order valence-corrected chi connectivity index (χ0v) is 17.1. The topological polar surface area (TPSA) is 93.7 Å². The molecule has 0 unspecified atom stereocenters. The van der Waals surface area contributed by atoms with E-state index in [-0.39, 0.29) is 11.6 Å². The molecule has 0 atom stereocenters. The van der Waals surface area contributed by atoms with Crippen LogP contribution in [0.15, 0.2) is 47.3 Å². The van der Waals surface area contributed by atoms with Gasteiger partial charge in [0, 0.05) is 17.0 Å². The van der Waals surface area contributed by atoms with Crippen LogP contribution in [0.25, 0.3) is 28.0 Å². The summed E-state index contributed by atoms with van der Waals surface area (Å²) in [6.07, 6.45) is 0. The fraction of sp³-hybridized carbons (Fsp3) is 0.273. The molecule has 0 fully saturated rings. The predicted molar refractivity (Wildman–Crippen MR) is 113 cm³/mol. The zero-order chi connectivity index (χ0) is 20.7. The van der Waals surface area contributed by atoms with Crippen LogP contribution >= 0.6 is 0 Å². The number of nitrogen functional groups attached to an aromatic ring is 1. The highest BCUT2D eigenvalue weighted by atomic mass is 16.2. The van der Waals surface area contributed by atoms with E-state index in [1.165, 1.54) is 4.40 Å². The minimum absolute atomic E-state index is 0.161. The van der Waals surface area contributed by atoms with Crippen LogP contribution in [0.5, 0.6) is 0 Å². The number of fused-ring (bicyclic) bond motifs is 1. The minimum Gasteiger partial charge on any atom is -0.319 e. The first-order chi connectivity index (χ1) is 13.8. The van der Waals surface area contributed by atoms with Crippen LogP contribution in [-0.4, -0.2) is 19.7 Å². The van der Waals surface area contributed by atoms with Gasteiger partial charge in [0.15, 0.2) is 0 Å². The van der Waals surface area contributed by atoms with Crippen molar-refractivity contribution in [1.82, 2.24) is 19.7 Å². The van der Waals surface area contributed by atoms with Crippen LogP contribution in [0.1, 0.15) is 25.2 Å². The lowest BCUT2D eigenvalue weighted by Crippen LogP contribution is -2.44. The number of aryl methyl sites for hydroxylation is 2. The maximum Gasteiger partial charge on any atom is 0.428 e. The third kappa shape index (κ3) is 3.40. The first kappa shape index (κ1) is 18.9. The van der Waals surface area contributed by atoms with Crippen molar-refractivity contribution >= 4 is 11.6 Å². The van der Waals surface area contributed by atoms with Gasteiger partial charge in [0.2, 0.25) is 5.65 Å². The van der Waals surface area contributed by atoms with E-state index in [0.29, 0.717) is 18.1 Å². The summed E-state index contributed by atoms with van der Waals surface area (Å²) in [6.45, 7) is 8.61. The molecule has 0 aliphatic carbocycles. The van der Waals surface area contributed by atoms with Gasteiger partial charge in [0.05, 0.1) is 12.1 Å². The molecule has 0 bridgehead atoms. The van der Waals surface area contributed by atoms with Crippen molar-refractivity contribution in [1.29, 1.82) is 0 Å². The number of hydrogen-bond acceptors (Lipinski definition) is 4. The molecule has 3 N–H and O–H groups in total. The quantitative estimate of drug-likeness (QED) is 0.525. The highest BCUT2D eigenvalue weighted by Crippen LogP contribution is 2.33. The second-order valence-electron chi connectivity index (χ2n) is 7.78. The van der Waals surface area contributed by atoms with Crippen molar-refractivity contribution in [2.24, 2.45) is 5.92 Å². The highest BCUT2D eigenvalue weighted by molar-refractivity contribution is 5.88. The van der Waals surface area contributed by atoms with Crippen molar-refractivity contribution < 1.29 is 4.40 Å². The average Bonchev–Trinajstić information content (AvgIpc) is 2.97. The van der Waals surface area contributed by atoms with Gasteiger partial charge in [-0.05, 0) is 37.5 Å². The number of aromatic amines is 1. The van der Waals surface area contributed by atoms with Crippen molar-refractivity contribution in [3.63, 3.8) is 0 Å². The van der Waals surface area contributed by atoms with E-state index in [4.69, 9.17) is 5.73 Å². The number of nitrogens with one attached hydrogen (secondary N) is 1. The number of rotatable bonds is 4. The number of H-pyrrole nitrogens is 1. The van der Waals surface area contributed by atoms with Crippen LogP contribution in [-0.2, 0) is 6.54 Å². The molecule has 1 aromatic carbocycles. The third-order valence-corrected chi connectivity index (χ3v) is 4.78. The van der Waals surface area contributed by atoms with Crippen LogP contribution in [0.2, 0.25) is 0 Å². The van der Waals surface area contributed by atoms with E-state index in [2.05, 4.69) is 28.9 Å². The molecule has 0 spiro atoms. The molecule has 0 aliphatic rings. The molecule has 0 amide bonds. The van der Waals surface area contributed by atoms with Crippen molar-refractivity contribution in [3.8, 4) is 22.4 Å². The Hall–Kier alpha value is -3.48. The molecule has 3 aromatic heterocycles. The first-order valence-electron chi connectivity index (χ1n) is 9.70.